The molecule has 3 aromatic rings. The molecule has 5 nitrogen and oxygen atoms in total. The van der Waals surface area contributed by atoms with Crippen LogP contribution in [0.3, 0.4) is 0 Å². The smallest absolute Gasteiger partial charge is 0.343 e. The molecule has 0 aliphatic carbocycles. The Balaban J connectivity index is 1.76. The molecule has 5 heteroatoms. The average Bonchev–Trinajstić information content (AvgIpc) is 2.85. The summed E-state index contributed by atoms with van der Waals surface area (Å²) in [6, 6.07) is 19.0. The lowest BCUT2D eigenvalue weighted by Crippen LogP contribution is -2.13. The third kappa shape index (κ3) is 7.01. The molecule has 0 amide bonds. The standard InChI is InChI=1S/C31H32O5/c1-6-8-24-18-23(28(32)17-22-11-14-27(15-12-22)35-21(4)5)13-16-29(24)36-31(34)26-10-7-9-25(19-26)30(33)20(2)3/h6-7,9-16,18-21H,1,8,17H2,2-5H3. The fraction of sp³-hybridized carbons (Fsp3) is 0.258. The van der Waals surface area contributed by atoms with E-state index in [9.17, 15) is 14.4 Å². The van der Waals surface area contributed by atoms with Crippen molar-refractivity contribution in [3.8, 4) is 11.5 Å². The molecule has 0 atom stereocenters. The van der Waals surface area contributed by atoms with Crippen LogP contribution in [0.25, 0.3) is 0 Å². The Morgan fingerprint density at radius 3 is 2.19 bits per heavy atom. The summed E-state index contributed by atoms with van der Waals surface area (Å²) in [5, 5.41) is 0. The van der Waals surface area contributed by atoms with E-state index in [-0.39, 0.29) is 35.6 Å². The number of carbonyl (C=O) groups is 3. The highest BCUT2D eigenvalue weighted by Gasteiger charge is 2.17. The maximum atomic E-state index is 12.9. The lowest BCUT2D eigenvalue weighted by Gasteiger charge is -2.12. The molecule has 0 saturated carbocycles. The first-order valence-electron chi connectivity index (χ1n) is 12.1. The summed E-state index contributed by atoms with van der Waals surface area (Å²) in [5.74, 6) is 0.290. The predicted octanol–water partition coefficient (Wildman–Crippen LogP) is 6.69. The summed E-state index contributed by atoms with van der Waals surface area (Å²) in [5.41, 5.74) is 2.84. The number of ether oxygens (including phenoxy) is 2. The fourth-order valence-corrected chi connectivity index (χ4v) is 3.70. The zero-order valence-electron chi connectivity index (χ0n) is 21.2. The second-order valence-electron chi connectivity index (χ2n) is 9.22. The number of hydrogen-bond acceptors (Lipinski definition) is 5. The maximum Gasteiger partial charge on any atom is 0.343 e. The quantitative estimate of drug-likeness (QED) is 0.131. The summed E-state index contributed by atoms with van der Waals surface area (Å²) in [6.07, 6.45) is 2.44. The first kappa shape index (κ1) is 26.6. The molecule has 0 aromatic heterocycles. The van der Waals surface area contributed by atoms with Crippen LogP contribution in [0, 0.1) is 5.92 Å². The maximum absolute atomic E-state index is 12.9. The van der Waals surface area contributed by atoms with Gasteiger partial charge in [-0.2, -0.15) is 0 Å². The van der Waals surface area contributed by atoms with Gasteiger partial charge in [0.1, 0.15) is 11.5 Å². The van der Waals surface area contributed by atoms with E-state index in [1.807, 2.05) is 52.0 Å². The van der Waals surface area contributed by atoms with Crippen LogP contribution in [0.5, 0.6) is 11.5 Å². The minimum atomic E-state index is -0.568. The van der Waals surface area contributed by atoms with Crippen molar-refractivity contribution >= 4 is 17.5 Å². The first-order valence-corrected chi connectivity index (χ1v) is 12.1. The molecule has 0 saturated heterocycles. The minimum absolute atomic E-state index is 0.0399. The Morgan fingerprint density at radius 1 is 0.861 bits per heavy atom. The third-order valence-corrected chi connectivity index (χ3v) is 5.52. The van der Waals surface area contributed by atoms with E-state index in [1.165, 1.54) is 0 Å². The summed E-state index contributed by atoms with van der Waals surface area (Å²) in [6.45, 7) is 11.3. The van der Waals surface area contributed by atoms with Crippen molar-refractivity contribution in [3.63, 3.8) is 0 Å². The van der Waals surface area contributed by atoms with Crippen molar-refractivity contribution in [2.45, 2.75) is 46.6 Å². The highest BCUT2D eigenvalue weighted by Crippen LogP contribution is 2.24. The molecule has 3 aromatic carbocycles. The van der Waals surface area contributed by atoms with E-state index in [2.05, 4.69) is 6.58 Å². The molecule has 0 heterocycles. The summed E-state index contributed by atoms with van der Waals surface area (Å²) < 4.78 is 11.3. The second-order valence-corrected chi connectivity index (χ2v) is 9.22. The van der Waals surface area contributed by atoms with E-state index in [4.69, 9.17) is 9.47 Å². The number of ketones is 2. The molecule has 0 N–H and O–H groups in total. The van der Waals surface area contributed by atoms with Crippen LogP contribution in [-0.4, -0.2) is 23.6 Å². The van der Waals surface area contributed by atoms with Crippen LogP contribution in [0.1, 0.15) is 69.9 Å². The van der Waals surface area contributed by atoms with Gasteiger partial charge in [-0.3, -0.25) is 9.59 Å². The Kier molecular flexibility index (Phi) is 8.96. The predicted molar refractivity (Wildman–Crippen MR) is 141 cm³/mol. The zero-order chi connectivity index (χ0) is 26.2. The molecular weight excluding hydrogens is 452 g/mol. The van der Waals surface area contributed by atoms with Gasteiger partial charge < -0.3 is 9.47 Å². The number of allylic oxidation sites excluding steroid dienone is 1. The molecule has 0 radical (unpaired) electrons. The molecule has 3 rings (SSSR count). The fourth-order valence-electron chi connectivity index (χ4n) is 3.70. The topological polar surface area (TPSA) is 69.7 Å². The molecule has 0 aliphatic heterocycles. The van der Waals surface area contributed by atoms with E-state index in [1.54, 1.807) is 48.5 Å². The minimum Gasteiger partial charge on any atom is -0.491 e. The van der Waals surface area contributed by atoms with Crippen LogP contribution in [0.15, 0.2) is 79.4 Å². The van der Waals surface area contributed by atoms with Gasteiger partial charge in [0.2, 0.25) is 0 Å². The van der Waals surface area contributed by atoms with Gasteiger partial charge in [0, 0.05) is 23.5 Å². The lowest BCUT2D eigenvalue weighted by atomic mass is 9.99. The third-order valence-electron chi connectivity index (χ3n) is 5.52. The van der Waals surface area contributed by atoms with Crippen molar-refractivity contribution in [2.24, 2.45) is 5.92 Å². The van der Waals surface area contributed by atoms with Gasteiger partial charge in [-0.25, -0.2) is 4.79 Å². The first-order chi connectivity index (χ1) is 17.2. The second kappa shape index (κ2) is 12.1. The van der Waals surface area contributed by atoms with E-state index < -0.39 is 5.97 Å². The molecule has 0 spiro atoms. The molecule has 0 bridgehead atoms. The van der Waals surface area contributed by atoms with Gasteiger partial charge in [0.15, 0.2) is 11.6 Å². The van der Waals surface area contributed by atoms with E-state index in [0.29, 0.717) is 28.9 Å². The summed E-state index contributed by atoms with van der Waals surface area (Å²) >= 11 is 0. The van der Waals surface area contributed by atoms with Crippen LogP contribution in [0.2, 0.25) is 0 Å². The lowest BCUT2D eigenvalue weighted by molar-refractivity contribution is 0.0733. The van der Waals surface area contributed by atoms with Gasteiger partial charge in [0.25, 0.3) is 0 Å². The Bertz CT molecular complexity index is 1250. The van der Waals surface area contributed by atoms with Crippen molar-refractivity contribution < 1.29 is 23.9 Å². The number of carbonyl (C=O) groups excluding carboxylic acids is 3. The number of rotatable bonds is 11. The number of hydrogen-bond donors (Lipinski definition) is 0. The van der Waals surface area contributed by atoms with Gasteiger partial charge in [-0.05, 0) is 73.9 Å². The van der Waals surface area contributed by atoms with Crippen LogP contribution < -0.4 is 9.47 Å². The Morgan fingerprint density at radius 2 is 1.56 bits per heavy atom. The number of esters is 1. The molecule has 0 fully saturated rings. The monoisotopic (exact) mass is 484 g/mol. The Labute approximate surface area is 212 Å². The molecule has 0 aliphatic rings. The number of benzene rings is 3. The zero-order valence-corrected chi connectivity index (χ0v) is 21.2. The van der Waals surface area contributed by atoms with Gasteiger partial charge >= 0.3 is 5.97 Å². The molecule has 186 valence electrons. The van der Waals surface area contributed by atoms with Crippen LogP contribution >= 0.6 is 0 Å². The largest absolute Gasteiger partial charge is 0.491 e. The summed E-state index contributed by atoms with van der Waals surface area (Å²) in [4.78, 5) is 38.1. The van der Waals surface area contributed by atoms with Crippen LogP contribution in [-0.2, 0) is 12.8 Å². The van der Waals surface area contributed by atoms with Gasteiger partial charge in [-0.15, -0.1) is 6.58 Å². The van der Waals surface area contributed by atoms with E-state index in [0.717, 1.165) is 11.3 Å². The number of Topliss-reactive ketones (excluding diaryl/α,β-unsaturated/α-hetero) is 2. The SMILES string of the molecule is C=CCc1cc(C(=O)Cc2ccc(OC(C)C)cc2)ccc1OC(=O)c1cccc(C(=O)C(C)C)c1. The highest BCUT2D eigenvalue weighted by molar-refractivity contribution is 6.01. The molecule has 0 unspecified atom stereocenters. The van der Waals surface area contributed by atoms with E-state index >= 15 is 0 Å². The van der Waals surface area contributed by atoms with Crippen molar-refractivity contribution in [2.75, 3.05) is 0 Å². The van der Waals surface area contributed by atoms with Crippen molar-refractivity contribution in [3.05, 3.63) is 107 Å². The van der Waals surface area contributed by atoms with Gasteiger partial charge in [0.05, 0.1) is 11.7 Å². The average molecular weight is 485 g/mol. The summed E-state index contributed by atoms with van der Waals surface area (Å²) in [7, 11) is 0. The van der Waals surface area contributed by atoms with Crippen molar-refractivity contribution in [1.82, 2.24) is 0 Å². The van der Waals surface area contributed by atoms with Crippen molar-refractivity contribution in [1.29, 1.82) is 0 Å². The molecule has 36 heavy (non-hydrogen) atoms. The van der Waals surface area contributed by atoms with Gasteiger partial charge in [-0.1, -0.05) is 44.2 Å². The Hall–Kier alpha value is -3.99. The molecular formula is C31H32O5. The normalized spacial score (nSPS) is 10.8. The highest BCUT2D eigenvalue weighted by atomic mass is 16.5. The van der Waals surface area contributed by atoms with Crippen LogP contribution in [0.4, 0.5) is 0 Å².